The summed E-state index contributed by atoms with van der Waals surface area (Å²) in [6.07, 6.45) is -1.03. The summed E-state index contributed by atoms with van der Waals surface area (Å²) < 4.78 is 33.2. The predicted molar refractivity (Wildman–Crippen MR) is 78.2 cm³/mol. The number of hydrogen-bond acceptors (Lipinski definition) is 3. The highest BCUT2D eigenvalue weighted by molar-refractivity contribution is 14.1. The predicted octanol–water partition coefficient (Wildman–Crippen LogP) is 2.04. The third kappa shape index (κ3) is 2.13. The minimum absolute atomic E-state index is 0.00606. The highest BCUT2D eigenvalue weighted by Gasteiger charge is 2.62. The van der Waals surface area contributed by atoms with Gasteiger partial charge >= 0.3 is 5.97 Å². The number of carbonyl (C=O) groups is 2. The molecule has 2 atom stereocenters. The van der Waals surface area contributed by atoms with Crippen LogP contribution in [-0.2, 0) is 14.9 Å². The summed E-state index contributed by atoms with van der Waals surface area (Å²) in [5, 5.41) is 0. The second-order valence-corrected chi connectivity index (χ2v) is 6.51. The molecule has 1 spiro atoms. The van der Waals surface area contributed by atoms with E-state index in [1.165, 1.54) is 24.1 Å². The Morgan fingerprint density at radius 2 is 2.24 bits per heavy atom. The van der Waals surface area contributed by atoms with Crippen molar-refractivity contribution in [2.45, 2.75) is 18.0 Å². The zero-order valence-corrected chi connectivity index (χ0v) is 13.3. The van der Waals surface area contributed by atoms with Gasteiger partial charge < -0.3 is 9.64 Å². The lowest BCUT2D eigenvalue weighted by Gasteiger charge is -2.34. The molecule has 1 aromatic carbocycles. The van der Waals surface area contributed by atoms with Gasteiger partial charge in [-0.1, -0.05) is 0 Å². The van der Waals surface area contributed by atoms with E-state index in [9.17, 15) is 18.4 Å². The normalized spacial score (nSPS) is 26.8. The molecule has 1 amide bonds. The Morgan fingerprint density at radius 3 is 2.81 bits per heavy atom. The van der Waals surface area contributed by atoms with Crippen molar-refractivity contribution in [1.82, 2.24) is 4.90 Å². The zero-order chi connectivity index (χ0) is 15.4. The molecule has 0 unspecified atom stereocenters. The van der Waals surface area contributed by atoms with Gasteiger partial charge in [-0.25, -0.2) is 8.78 Å². The van der Waals surface area contributed by atoms with Crippen molar-refractivity contribution in [1.29, 1.82) is 0 Å². The summed E-state index contributed by atoms with van der Waals surface area (Å²) in [4.78, 5) is 25.0. The molecule has 0 bridgehead atoms. The molecule has 0 aromatic heterocycles. The fourth-order valence-corrected chi connectivity index (χ4v) is 3.36. The van der Waals surface area contributed by atoms with Gasteiger partial charge in [0.1, 0.15) is 18.5 Å². The number of esters is 1. The Morgan fingerprint density at radius 1 is 1.57 bits per heavy atom. The van der Waals surface area contributed by atoms with Crippen LogP contribution in [0, 0.1) is 9.39 Å². The first-order chi connectivity index (χ1) is 9.90. The largest absolute Gasteiger partial charge is 0.468 e. The molecule has 1 saturated carbocycles. The smallest absolute Gasteiger partial charge is 0.325 e. The molecule has 1 heterocycles. The van der Waals surface area contributed by atoms with E-state index in [1.807, 2.05) is 22.6 Å². The van der Waals surface area contributed by atoms with Gasteiger partial charge in [0, 0.05) is 21.2 Å². The van der Waals surface area contributed by atoms with Crippen molar-refractivity contribution in [2.75, 3.05) is 20.2 Å². The Hall–Kier alpha value is -1.25. The number of ether oxygens (including phenoxy) is 1. The average molecular weight is 407 g/mol. The molecule has 3 rings (SSSR count). The lowest BCUT2D eigenvalue weighted by Crippen LogP contribution is -2.47. The van der Waals surface area contributed by atoms with E-state index >= 15 is 0 Å². The van der Waals surface area contributed by atoms with Gasteiger partial charge in [-0.2, -0.15) is 0 Å². The van der Waals surface area contributed by atoms with Gasteiger partial charge in [0.2, 0.25) is 0 Å². The molecule has 0 saturated heterocycles. The number of carbonyl (C=O) groups excluding carboxylic acids is 2. The number of alkyl halides is 1. The van der Waals surface area contributed by atoms with Crippen LogP contribution in [0.5, 0.6) is 0 Å². The van der Waals surface area contributed by atoms with E-state index in [0.717, 1.165) is 0 Å². The Kier molecular flexibility index (Phi) is 3.42. The van der Waals surface area contributed by atoms with Gasteiger partial charge in [-0.05, 0) is 41.1 Å². The van der Waals surface area contributed by atoms with Crippen molar-refractivity contribution in [3.05, 3.63) is 32.6 Å². The first-order valence-corrected chi connectivity index (χ1v) is 7.47. The van der Waals surface area contributed by atoms with Gasteiger partial charge in [0.25, 0.3) is 5.91 Å². The molecule has 21 heavy (non-hydrogen) atoms. The molecule has 1 fully saturated rings. The fourth-order valence-electron chi connectivity index (χ4n) is 2.91. The molecule has 2 aliphatic rings. The van der Waals surface area contributed by atoms with Crippen LogP contribution < -0.4 is 0 Å². The molecule has 4 nitrogen and oxygen atoms in total. The molecule has 1 aromatic rings. The number of rotatable bonds is 2. The van der Waals surface area contributed by atoms with Crippen LogP contribution >= 0.6 is 22.6 Å². The van der Waals surface area contributed by atoms with Gasteiger partial charge in [-0.15, -0.1) is 0 Å². The monoisotopic (exact) mass is 407 g/mol. The zero-order valence-electron chi connectivity index (χ0n) is 11.2. The molecule has 7 heteroatoms. The number of benzene rings is 1. The number of halogens is 3. The lowest BCUT2D eigenvalue weighted by molar-refractivity contribution is -0.141. The maximum atomic E-state index is 14.4. The molecule has 1 aliphatic carbocycles. The first kappa shape index (κ1) is 14.7. The molecule has 0 N–H and O–H groups in total. The maximum absolute atomic E-state index is 14.4. The van der Waals surface area contributed by atoms with E-state index in [1.54, 1.807) is 0 Å². The minimum Gasteiger partial charge on any atom is -0.468 e. The second-order valence-electron chi connectivity index (χ2n) is 5.35. The molecule has 1 aliphatic heterocycles. The molecular formula is C14H12F2INO3. The summed E-state index contributed by atoms with van der Waals surface area (Å²) in [6, 6.07) is 2.98. The minimum atomic E-state index is -1.20. The van der Waals surface area contributed by atoms with Crippen LogP contribution in [0.25, 0.3) is 0 Å². The summed E-state index contributed by atoms with van der Waals surface area (Å²) in [6.45, 7) is -0.247. The van der Waals surface area contributed by atoms with Gasteiger partial charge in [0.05, 0.1) is 12.5 Å². The topological polar surface area (TPSA) is 46.6 Å². The van der Waals surface area contributed by atoms with Gasteiger partial charge in [0.15, 0.2) is 0 Å². The molecule has 0 radical (unpaired) electrons. The van der Waals surface area contributed by atoms with Crippen LogP contribution in [0.15, 0.2) is 12.1 Å². The summed E-state index contributed by atoms with van der Waals surface area (Å²) in [5.41, 5.74) is -0.709. The van der Waals surface area contributed by atoms with Crippen LogP contribution in [0.2, 0.25) is 0 Å². The number of nitrogens with zero attached hydrogens (tertiary/aromatic N) is 1. The van der Waals surface area contributed by atoms with E-state index in [0.29, 0.717) is 3.57 Å². The van der Waals surface area contributed by atoms with E-state index in [2.05, 4.69) is 4.74 Å². The Bertz CT molecular complexity index is 651. The van der Waals surface area contributed by atoms with E-state index in [4.69, 9.17) is 0 Å². The van der Waals surface area contributed by atoms with Crippen molar-refractivity contribution in [2.24, 2.45) is 0 Å². The summed E-state index contributed by atoms with van der Waals surface area (Å²) in [5.74, 6) is -1.57. The number of methoxy groups -OCH3 is 1. The van der Waals surface area contributed by atoms with Crippen LogP contribution in [0.4, 0.5) is 8.78 Å². The fraction of sp³-hybridized carbons (Fsp3) is 0.429. The average Bonchev–Trinajstić information content (AvgIpc) is 3.09. The summed E-state index contributed by atoms with van der Waals surface area (Å²) >= 11 is 1.82. The third-order valence-electron chi connectivity index (χ3n) is 4.11. The van der Waals surface area contributed by atoms with Crippen LogP contribution in [-0.4, -0.2) is 43.1 Å². The Balaban J connectivity index is 2.07. The highest BCUT2D eigenvalue weighted by Crippen LogP contribution is 2.55. The quantitative estimate of drug-likeness (QED) is 0.557. The third-order valence-corrected chi connectivity index (χ3v) is 4.95. The lowest BCUT2D eigenvalue weighted by atomic mass is 9.85. The summed E-state index contributed by atoms with van der Waals surface area (Å²) in [7, 11) is 1.22. The van der Waals surface area contributed by atoms with E-state index < -0.39 is 29.3 Å². The van der Waals surface area contributed by atoms with Crippen LogP contribution in [0.1, 0.15) is 22.3 Å². The second kappa shape index (κ2) is 4.89. The Labute approximate surface area is 133 Å². The van der Waals surface area contributed by atoms with Crippen molar-refractivity contribution >= 4 is 34.5 Å². The number of hydrogen-bond donors (Lipinski definition) is 0. The standard InChI is InChI=1S/C14H12F2INO3/c1-21-10(19)5-18-6-14(4-9(14)15)11-7(13(18)20)2-3-8(17)12(11)16/h2-3,9H,4-6H2,1H3/t9-,14+/m1/s1. The SMILES string of the molecule is COC(=O)CN1C[C@]2(C[C@H]2F)c2c(ccc(I)c2F)C1=O. The van der Waals surface area contributed by atoms with E-state index in [-0.39, 0.29) is 30.6 Å². The first-order valence-electron chi connectivity index (χ1n) is 6.39. The maximum Gasteiger partial charge on any atom is 0.325 e. The van der Waals surface area contributed by atoms with Gasteiger partial charge in [-0.3, -0.25) is 9.59 Å². The van der Waals surface area contributed by atoms with Crippen molar-refractivity contribution in [3.63, 3.8) is 0 Å². The molecular weight excluding hydrogens is 395 g/mol. The van der Waals surface area contributed by atoms with Crippen LogP contribution in [0.3, 0.4) is 0 Å². The number of fused-ring (bicyclic) bond motifs is 2. The van der Waals surface area contributed by atoms with Crippen molar-refractivity contribution in [3.8, 4) is 0 Å². The highest BCUT2D eigenvalue weighted by atomic mass is 127. The molecule has 112 valence electrons. The number of amides is 1. The van der Waals surface area contributed by atoms with Crippen molar-refractivity contribution < 1.29 is 23.1 Å².